The zero-order valence-electron chi connectivity index (χ0n) is 10.4. The Labute approximate surface area is 103 Å². The number of pyridine rings is 1. The Morgan fingerprint density at radius 1 is 1.41 bits per heavy atom. The third-order valence-electron chi connectivity index (χ3n) is 3.32. The maximum atomic E-state index is 13.2. The van der Waals surface area contributed by atoms with Gasteiger partial charge in [-0.2, -0.15) is 0 Å². The van der Waals surface area contributed by atoms with E-state index in [0.717, 1.165) is 24.9 Å². The van der Waals surface area contributed by atoms with Crippen molar-refractivity contribution in [1.29, 1.82) is 0 Å². The minimum Gasteiger partial charge on any atom is -0.362 e. The number of aromatic nitrogens is 1. The lowest BCUT2D eigenvalue weighted by molar-refractivity contribution is 0.535. The first-order valence-corrected chi connectivity index (χ1v) is 6.53. The summed E-state index contributed by atoms with van der Waals surface area (Å²) in [5.74, 6) is -0.254. The largest absolute Gasteiger partial charge is 0.362 e. The number of nitrogens with zero attached hydrogens (tertiary/aromatic N) is 2. The van der Waals surface area contributed by atoms with Gasteiger partial charge in [-0.3, -0.25) is 4.98 Å². The molecule has 1 atom stereocenters. The lowest BCUT2D eigenvalue weighted by Gasteiger charge is -2.31. The van der Waals surface area contributed by atoms with Crippen molar-refractivity contribution in [3.8, 4) is 0 Å². The quantitative estimate of drug-likeness (QED) is 0.789. The summed E-state index contributed by atoms with van der Waals surface area (Å²) >= 11 is 0. The molecule has 1 aromatic heterocycles. The molecule has 0 saturated carbocycles. The molecule has 0 aromatic carbocycles. The van der Waals surface area contributed by atoms with Gasteiger partial charge in [-0.05, 0) is 19.3 Å². The first kappa shape index (κ1) is 12.3. The second kappa shape index (κ2) is 5.99. The van der Waals surface area contributed by atoms with E-state index in [9.17, 15) is 4.39 Å². The third kappa shape index (κ3) is 3.18. The monoisotopic (exact) mass is 235 g/mol. The first-order chi connectivity index (χ1) is 8.31. The van der Waals surface area contributed by atoms with E-state index in [0.29, 0.717) is 6.04 Å². The molecule has 17 heavy (non-hydrogen) atoms. The topological polar surface area (TPSA) is 16.1 Å². The highest BCUT2D eigenvalue weighted by Gasteiger charge is 2.21. The van der Waals surface area contributed by atoms with Gasteiger partial charge >= 0.3 is 0 Å². The molecule has 1 saturated heterocycles. The average molecular weight is 235 g/mol. The second-order valence-corrected chi connectivity index (χ2v) is 4.68. The molecule has 3 heteroatoms. The molecule has 1 aliphatic heterocycles. The second-order valence-electron chi connectivity index (χ2n) is 4.68. The maximum Gasteiger partial charge on any atom is 0.143 e. The van der Waals surface area contributed by atoms with Gasteiger partial charge in [-0.15, -0.1) is 0 Å². The van der Waals surface area contributed by atoms with E-state index in [1.165, 1.54) is 25.5 Å². The summed E-state index contributed by atoms with van der Waals surface area (Å²) in [6, 6.07) is 2.09. The fraction of sp³-hybridized carbons (Fsp3) is 0.571. The van der Waals surface area contributed by atoms with Crippen LogP contribution in [0.4, 0.5) is 10.1 Å². The van der Waals surface area contributed by atoms with Crippen molar-refractivity contribution in [2.75, 3.05) is 4.90 Å². The summed E-state index contributed by atoms with van der Waals surface area (Å²) in [7, 11) is 0. The Hall–Kier alpha value is -1.12. The minimum atomic E-state index is -0.254. The molecule has 2 rings (SSSR count). The molecule has 0 bridgehead atoms. The van der Waals surface area contributed by atoms with Gasteiger partial charge in [-0.25, -0.2) is 4.39 Å². The van der Waals surface area contributed by atoms with E-state index in [1.807, 2.05) is 0 Å². The van der Waals surface area contributed by atoms with Crippen molar-refractivity contribution >= 4 is 5.69 Å². The molecule has 1 fully saturated rings. The molecule has 1 radical (unpaired) electrons. The van der Waals surface area contributed by atoms with E-state index in [1.54, 1.807) is 12.3 Å². The zero-order chi connectivity index (χ0) is 12.1. The summed E-state index contributed by atoms with van der Waals surface area (Å²) < 4.78 is 13.2. The van der Waals surface area contributed by atoms with Crippen LogP contribution in [0.1, 0.15) is 45.4 Å². The molecular weight excluding hydrogens is 215 g/mol. The first-order valence-electron chi connectivity index (χ1n) is 6.53. The van der Waals surface area contributed by atoms with Crippen LogP contribution in [-0.2, 0) is 0 Å². The number of rotatable bonds is 3. The van der Waals surface area contributed by atoms with Crippen molar-refractivity contribution in [3.05, 3.63) is 30.8 Å². The Balaban J connectivity index is 2.19. The zero-order valence-corrected chi connectivity index (χ0v) is 10.4. The number of hydrogen-bond acceptors (Lipinski definition) is 2. The highest BCUT2D eigenvalue weighted by molar-refractivity contribution is 5.47. The van der Waals surface area contributed by atoms with Crippen molar-refractivity contribution in [1.82, 2.24) is 4.98 Å². The Kier molecular flexibility index (Phi) is 4.35. The molecule has 2 nitrogen and oxygen atoms in total. The van der Waals surface area contributed by atoms with Crippen LogP contribution in [0.25, 0.3) is 0 Å². The number of halogens is 1. The molecule has 0 unspecified atom stereocenters. The van der Waals surface area contributed by atoms with E-state index in [-0.39, 0.29) is 5.82 Å². The SMILES string of the molecule is CCC[C@@H]1CCCC[CH]N1c1cncc(F)c1. The van der Waals surface area contributed by atoms with Crippen molar-refractivity contribution in [3.63, 3.8) is 0 Å². The average Bonchev–Trinajstić information content (AvgIpc) is 2.55. The number of hydrogen-bond donors (Lipinski definition) is 0. The van der Waals surface area contributed by atoms with E-state index in [4.69, 9.17) is 0 Å². The van der Waals surface area contributed by atoms with Gasteiger partial charge in [0.05, 0.1) is 18.1 Å². The highest BCUT2D eigenvalue weighted by atomic mass is 19.1. The molecule has 1 aliphatic rings. The van der Waals surface area contributed by atoms with Crippen LogP contribution in [0.3, 0.4) is 0 Å². The molecule has 2 heterocycles. The molecule has 0 aliphatic carbocycles. The minimum absolute atomic E-state index is 0.254. The van der Waals surface area contributed by atoms with Crippen LogP contribution in [0, 0.1) is 12.4 Å². The maximum absolute atomic E-state index is 13.2. The third-order valence-corrected chi connectivity index (χ3v) is 3.32. The molecular formula is C14H20FN2. The molecule has 0 N–H and O–H groups in total. The van der Waals surface area contributed by atoms with Crippen LogP contribution < -0.4 is 4.90 Å². The van der Waals surface area contributed by atoms with Gasteiger partial charge in [0.1, 0.15) is 5.82 Å². The van der Waals surface area contributed by atoms with Gasteiger partial charge in [-0.1, -0.05) is 26.2 Å². The van der Waals surface area contributed by atoms with Gasteiger partial charge in [0.15, 0.2) is 0 Å². The van der Waals surface area contributed by atoms with Crippen LogP contribution in [0.15, 0.2) is 18.5 Å². The highest BCUT2D eigenvalue weighted by Crippen LogP contribution is 2.28. The summed E-state index contributed by atoms with van der Waals surface area (Å²) in [5.41, 5.74) is 0.894. The number of anilines is 1. The van der Waals surface area contributed by atoms with E-state index in [2.05, 4.69) is 23.4 Å². The Bertz CT molecular complexity index is 354. The van der Waals surface area contributed by atoms with E-state index >= 15 is 0 Å². The van der Waals surface area contributed by atoms with E-state index < -0.39 is 0 Å². The summed E-state index contributed by atoms with van der Waals surface area (Å²) in [6.07, 6.45) is 10.1. The fourth-order valence-electron chi connectivity index (χ4n) is 2.52. The summed E-state index contributed by atoms with van der Waals surface area (Å²) in [5, 5.41) is 0. The van der Waals surface area contributed by atoms with Crippen LogP contribution in [0.2, 0.25) is 0 Å². The fourth-order valence-corrected chi connectivity index (χ4v) is 2.52. The molecule has 1 aromatic rings. The van der Waals surface area contributed by atoms with Gasteiger partial charge in [0.25, 0.3) is 0 Å². The van der Waals surface area contributed by atoms with Crippen LogP contribution in [-0.4, -0.2) is 11.0 Å². The van der Waals surface area contributed by atoms with Crippen molar-refractivity contribution in [2.45, 2.75) is 51.5 Å². The predicted molar refractivity (Wildman–Crippen MR) is 68.1 cm³/mol. The lowest BCUT2D eigenvalue weighted by Crippen LogP contribution is -2.32. The Morgan fingerprint density at radius 2 is 2.29 bits per heavy atom. The van der Waals surface area contributed by atoms with Crippen LogP contribution >= 0.6 is 0 Å². The molecule has 0 spiro atoms. The van der Waals surface area contributed by atoms with Gasteiger partial charge in [0.2, 0.25) is 0 Å². The standard InChI is InChI=1S/C14H20FN2/c1-2-6-13-7-4-3-5-8-17(13)14-9-12(15)10-16-11-14/h8-11,13H,2-7H2,1H3/t13-/m1/s1. The summed E-state index contributed by atoms with van der Waals surface area (Å²) in [4.78, 5) is 6.18. The molecule has 0 amide bonds. The lowest BCUT2D eigenvalue weighted by atomic mass is 10.0. The van der Waals surface area contributed by atoms with Crippen molar-refractivity contribution < 1.29 is 4.39 Å². The smallest absolute Gasteiger partial charge is 0.143 e. The van der Waals surface area contributed by atoms with Crippen molar-refractivity contribution in [2.24, 2.45) is 0 Å². The van der Waals surface area contributed by atoms with Gasteiger partial charge < -0.3 is 4.90 Å². The normalized spacial score (nSPS) is 21.3. The van der Waals surface area contributed by atoms with Gasteiger partial charge in [0, 0.05) is 18.7 Å². The van der Waals surface area contributed by atoms with Crippen LogP contribution in [0.5, 0.6) is 0 Å². The predicted octanol–water partition coefficient (Wildman–Crippen LogP) is 3.93. The Morgan fingerprint density at radius 3 is 3.06 bits per heavy atom. The summed E-state index contributed by atoms with van der Waals surface area (Å²) in [6.45, 7) is 4.41. The molecule has 93 valence electrons.